The molecule has 4 nitrogen and oxygen atoms in total. The summed E-state index contributed by atoms with van der Waals surface area (Å²) in [5.41, 5.74) is 2.36. The fraction of sp³-hybridized carbons (Fsp3) is 0.667. The highest BCUT2D eigenvalue weighted by Gasteiger charge is 2.17. The molecule has 1 aliphatic heterocycles. The third-order valence-corrected chi connectivity index (χ3v) is 4.07. The molecule has 1 N–H and O–H groups in total. The van der Waals surface area contributed by atoms with Gasteiger partial charge in [-0.3, -0.25) is 0 Å². The van der Waals surface area contributed by atoms with Gasteiger partial charge in [-0.1, -0.05) is 6.07 Å². The van der Waals surface area contributed by atoms with E-state index >= 15 is 0 Å². The van der Waals surface area contributed by atoms with Gasteiger partial charge in [0.2, 0.25) is 0 Å². The lowest BCUT2D eigenvalue weighted by molar-refractivity contribution is 0.0399. The first kappa shape index (κ1) is 17.3. The number of aliphatic hydroxyl groups excluding tert-OH is 1. The van der Waals surface area contributed by atoms with E-state index in [1.807, 2.05) is 12.1 Å². The largest absolute Gasteiger partial charge is 0.491 e. The number of aliphatic hydroxyl groups is 1. The van der Waals surface area contributed by atoms with Crippen molar-refractivity contribution in [1.29, 1.82) is 0 Å². The highest BCUT2D eigenvalue weighted by atomic mass is 16.5. The second-order valence-corrected chi connectivity index (χ2v) is 6.57. The monoisotopic (exact) mass is 307 g/mol. The van der Waals surface area contributed by atoms with Gasteiger partial charge in [-0.25, -0.2) is 0 Å². The molecule has 0 spiro atoms. The van der Waals surface area contributed by atoms with Gasteiger partial charge in [-0.2, -0.15) is 0 Å². The second kappa shape index (κ2) is 8.51. The van der Waals surface area contributed by atoms with Crippen molar-refractivity contribution in [3.8, 4) is 5.75 Å². The molecule has 0 saturated carbocycles. The van der Waals surface area contributed by atoms with E-state index in [2.05, 4.69) is 31.9 Å². The number of nitrogens with zero attached hydrogens (tertiary/aromatic N) is 1. The van der Waals surface area contributed by atoms with Crippen LogP contribution >= 0.6 is 0 Å². The standard InChI is InChI=1S/C18H29NO3/c1-14-8-15(2)10-18(9-14)22-13-17(20)12-19(3)11-16-4-6-21-7-5-16/h8-10,16-17,20H,4-7,11-13H2,1-3H3. The van der Waals surface area contributed by atoms with Crippen LogP contribution in [0.25, 0.3) is 0 Å². The molecule has 0 amide bonds. The minimum Gasteiger partial charge on any atom is -0.491 e. The fourth-order valence-electron chi connectivity index (χ4n) is 3.07. The summed E-state index contributed by atoms with van der Waals surface area (Å²) in [6, 6.07) is 6.13. The Labute approximate surface area is 134 Å². The first-order valence-electron chi connectivity index (χ1n) is 8.18. The summed E-state index contributed by atoms with van der Waals surface area (Å²) in [5.74, 6) is 1.52. The van der Waals surface area contributed by atoms with Gasteiger partial charge in [-0.05, 0) is 62.9 Å². The Morgan fingerprint density at radius 3 is 2.50 bits per heavy atom. The van der Waals surface area contributed by atoms with E-state index in [1.165, 1.54) is 11.1 Å². The normalized spacial score (nSPS) is 17.7. The van der Waals surface area contributed by atoms with Crippen LogP contribution in [0.2, 0.25) is 0 Å². The predicted octanol–water partition coefficient (Wildman–Crippen LogP) is 2.40. The summed E-state index contributed by atoms with van der Waals surface area (Å²) in [7, 11) is 2.06. The predicted molar refractivity (Wildman–Crippen MR) is 88.5 cm³/mol. The molecule has 124 valence electrons. The third-order valence-electron chi connectivity index (χ3n) is 4.07. The van der Waals surface area contributed by atoms with Crippen molar-refractivity contribution >= 4 is 0 Å². The van der Waals surface area contributed by atoms with E-state index in [-0.39, 0.29) is 0 Å². The fourth-order valence-corrected chi connectivity index (χ4v) is 3.07. The Kier molecular flexibility index (Phi) is 6.68. The van der Waals surface area contributed by atoms with Gasteiger partial charge in [0.1, 0.15) is 18.5 Å². The van der Waals surface area contributed by atoms with Crippen molar-refractivity contribution in [2.45, 2.75) is 32.8 Å². The quantitative estimate of drug-likeness (QED) is 0.840. The molecule has 0 radical (unpaired) electrons. The average molecular weight is 307 g/mol. The van der Waals surface area contributed by atoms with E-state index < -0.39 is 6.10 Å². The molecule has 0 aliphatic carbocycles. The highest BCUT2D eigenvalue weighted by Crippen LogP contribution is 2.17. The number of hydrogen-bond acceptors (Lipinski definition) is 4. The van der Waals surface area contributed by atoms with Crippen molar-refractivity contribution in [1.82, 2.24) is 4.90 Å². The van der Waals surface area contributed by atoms with Crippen molar-refractivity contribution in [3.05, 3.63) is 29.3 Å². The smallest absolute Gasteiger partial charge is 0.119 e. The molecular weight excluding hydrogens is 278 g/mol. The number of benzene rings is 1. The summed E-state index contributed by atoms with van der Waals surface area (Å²) < 4.78 is 11.1. The van der Waals surface area contributed by atoms with Gasteiger partial charge in [0.25, 0.3) is 0 Å². The lowest BCUT2D eigenvalue weighted by Gasteiger charge is -2.28. The zero-order valence-electron chi connectivity index (χ0n) is 14.0. The maximum absolute atomic E-state index is 10.2. The molecule has 1 fully saturated rings. The summed E-state index contributed by atoms with van der Waals surface area (Å²) >= 11 is 0. The zero-order valence-corrected chi connectivity index (χ0v) is 14.0. The molecule has 1 atom stereocenters. The van der Waals surface area contributed by atoms with Gasteiger partial charge in [0.05, 0.1) is 0 Å². The van der Waals surface area contributed by atoms with Gasteiger partial charge in [0, 0.05) is 26.3 Å². The number of hydrogen-bond donors (Lipinski definition) is 1. The molecule has 1 aromatic rings. The molecule has 4 heteroatoms. The summed E-state index contributed by atoms with van der Waals surface area (Å²) in [6.45, 7) is 7.84. The number of rotatable bonds is 7. The van der Waals surface area contributed by atoms with E-state index in [9.17, 15) is 5.11 Å². The lowest BCUT2D eigenvalue weighted by atomic mass is 10.00. The molecule has 0 aromatic heterocycles. The highest BCUT2D eigenvalue weighted by molar-refractivity contribution is 5.32. The topological polar surface area (TPSA) is 41.9 Å². The van der Waals surface area contributed by atoms with Crippen LogP contribution in [-0.2, 0) is 4.74 Å². The average Bonchev–Trinajstić information content (AvgIpc) is 2.45. The Morgan fingerprint density at radius 1 is 1.23 bits per heavy atom. The third kappa shape index (κ3) is 5.95. The minimum absolute atomic E-state index is 0.334. The van der Waals surface area contributed by atoms with Gasteiger partial charge >= 0.3 is 0 Å². The SMILES string of the molecule is Cc1cc(C)cc(OCC(O)CN(C)CC2CCOCC2)c1. The maximum atomic E-state index is 10.2. The van der Waals surface area contributed by atoms with Crippen molar-refractivity contribution < 1.29 is 14.6 Å². The van der Waals surface area contributed by atoms with Crippen LogP contribution in [0.4, 0.5) is 0 Å². The molecule has 1 saturated heterocycles. The van der Waals surface area contributed by atoms with Crippen LogP contribution in [0.5, 0.6) is 5.75 Å². The van der Waals surface area contributed by atoms with Crippen LogP contribution in [0, 0.1) is 19.8 Å². The van der Waals surface area contributed by atoms with E-state index in [0.717, 1.165) is 38.3 Å². The molecule has 1 unspecified atom stereocenters. The Morgan fingerprint density at radius 2 is 1.86 bits per heavy atom. The van der Waals surface area contributed by atoms with Crippen LogP contribution in [0.15, 0.2) is 18.2 Å². The maximum Gasteiger partial charge on any atom is 0.119 e. The molecule has 0 bridgehead atoms. The summed E-state index contributed by atoms with van der Waals surface area (Å²) in [5, 5.41) is 10.2. The number of aryl methyl sites for hydroxylation is 2. The summed E-state index contributed by atoms with van der Waals surface area (Å²) in [4.78, 5) is 2.20. The minimum atomic E-state index is -0.467. The van der Waals surface area contributed by atoms with Crippen LogP contribution in [0.3, 0.4) is 0 Å². The van der Waals surface area contributed by atoms with Gasteiger partial charge in [0.15, 0.2) is 0 Å². The lowest BCUT2D eigenvalue weighted by Crippen LogP contribution is -2.37. The van der Waals surface area contributed by atoms with Gasteiger partial charge < -0.3 is 19.5 Å². The molecule has 2 rings (SSSR count). The Balaban J connectivity index is 1.71. The summed E-state index contributed by atoms with van der Waals surface area (Å²) in [6.07, 6.45) is 1.78. The molecular formula is C18H29NO3. The molecule has 1 aliphatic rings. The van der Waals surface area contributed by atoms with E-state index in [1.54, 1.807) is 0 Å². The number of ether oxygens (including phenoxy) is 2. The first-order valence-corrected chi connectivity index (χ1v) is 8.18. The Hall–Kier alpha value is -1.10. The van der Waals surface area contributed by atoms with Crippen molar-refractivity contribution in [2.24, 2.45) is 5.92 Å². The first-order chi connectivity index (χ1) is 10.5. The van der Waals surface area contributed by atoms with Crippen molar-refractivity contribution in [3.63, 3.8) is 0 Å². The second-order valence-electron chi connectivity index (χ2n) is 6.57. The Bertz CT molecular complexity index is 437. The van der Waals surface area contributed by atoms with Gasteiger partial charge in [-0.15, -0.1) is 0 Å². The van der Waals surface area contributed by atoms with Crippen LogP contribution in [0.1, 0.15) is 24.0 Å². The molecule has 22 heavy (non-hydrogen) atoms. The van der Waals surface area contributed by atoms with E-state index in [4.69, 9.17) is 9.47 Å². The van der Waals surface area contributed by atoms with Crippen LogP contribution in [-0.4, -0.2) is 56.1 Å². The molecule has 1 heterocycles. The van der Waals surface area contributed by atoms with Crippen molar-refractivity contribution in [2.75, 3.05) is 40.0 Å². The van der Waals surface area contributed by atoms with Crippen LogP contribution < -0.4 is 4.74 Å². The molecule has 1 aromatic carbocycles. The van der Waals surface area contributed by atoms with E-state index in [0.29, 0.717) is 19.1 Å². The zero-order chi connectivity index (χ0) is 15.9. The number of likely N-dealkylation sites (N-methyl/N-ethyl adjacent to an activating group) is 1.